The molecule has 4 fully saturated rings. The number of nitrogens with one attached hydrogen (secondary N) is 1. The summed E-state index contributed by atoms with van der Waals surface area (Å²) in [6, 6.07) is 4.51. The Morgan fingerprint density at radius 3 is 2.73 bits per heavy atom. The van der Waals surface area contributed by atoms with Crippen molar-refractivity contribution in [2.75, 3.05) is 11.5 Å². The second-order valence-electron chi connectivity index (χ2n) is 9.85. The number of nitriles is 1. The summed E-state index contributed by atoms with van der Waals surface area (Å²) in [5.41, 5.74) is -3.25. The average molecular weight is 463 g/mol. The van der Waals surface area contributed by atoms with E-state index in [4.69, 9.17) is 14.7 Å². The Bertz CT molecular complexity index is 1080. The first-order valence-corrected chi connectivity index (χ1v) is 11.0. The lowest BCUT2D eigenvalue weighted by atomic mass is 9.63. The number of anilines is 1. The Labute approximate surface area is 188 Å². The molecule has 2 amide bonds. The van der Waals surface area contributed by atoms with Gasteiger partial charge in [-0.05, 0) is 31.5 Å². The molecule has 0 aromatic heterocycles. The van der Waals surface area contributed by atoms with Gasteiger partial charge in [0.15, 0.2) is 0 Å². The van der Waals surface area contributed by atoms with Crippen LogP contribution in [0.15, 0.2) is 18.2 Å². The second-order valence-corrected chi connectivity index (χ2v) is 9.85. The summed E-state index contributed by atoms with van der Waals surface area (Å²) < 4.78 is 53.1. The van der Waals surface area contributed by atoms with Crippen molar-refractivity contribution in [3.63, 3.8) is 0 Å². The molecule has 10 heteroatoms. The van der Waals surface area contributed by atoms with E-state index in [0.29, 0.717) is 12.8 Å². The number of hydrogen-bond donors (Lipinski definition) is 1. The molecular formula is C23H24F3N3O4. The molecule has 5 rings (SSSR count). The minimum atomic E-state index is -4.74. The Morgan fingerprint density at radius 2 is 2.09 bits per heavy atom. The van der Waals surface area contributed by atoms with Gasteiger partial charge in [-0.15, -0.1) is 0 Å². The highest BCUT2D eigenvalue weighted by atomic mass is 19.4. The van der Waals surface area contributed by atoms with E-state index in [1.165, 1.54) is 11.0 Å². The topological polar surface area (TPSA) is 91.7 Å². The van der Waals surface area contributed by atoms with Gasteiger partial charge in [0.1, 0.15) is 6.23 Å². The smallest absolute Gasteiger partial charge is 0.365 e. The van der Waals surface area contributed by atoms with E-state index >= 15 is 0 Å². The zero-order valence-electron chi connectivity index (χ0n) is 18.4. The molecule has 33 heavy (non-hydrogen) atoms. The molecule has 4 heterocycles. The molecule has 1 aromatic carbocycles. The third-order valence-electron chi connectivity index (χ3n) is 7.60. The lowest BCUT2D eigenvalue weighted by Crippen LogP contribution is -2.62. The maximum atomic E-state index is 13.6. The van der Waals surface area contributed by atoms with Crippen LogP contribution in [0.3, 0.4) is 0 Å². The van der Waals surface area contributed by atoms with Gasteiger partial charge < -0.3 is 14.8 Å². The van der Waals surface area contributed by atoms with Crippen molar-refractivity contribution in [3.05, 3.63) is 29.3 Å². The number of halogens is 3. The fourth-order valence-corrected chi connectivity index (χ4v) is 6.24. The molecular weight excluding hydrogens is 439 g/mol. The molecule has 0 unspecified atom stereocenters. The van der Waals surface area contributed by atoms with Crippen LogP contribution in [-0.2, 0) is 25.2 Å². The number of hydrogen-bond acceptors (Lipinski definition) is 5. The molecule has 176 valence electrons. The van der Waals surface area contributed by atoms with E-state index in [-0.39, 0.29) is 36.1 Å². The summed E-state index contributed by atoms with van der Waals surface area (Å²) in [6.45, 7) is 5.66. The van der Waals surface area contributed by atoms with Crippen LogP contribution < -0.4 is 10.2 Å². The minimum Gasteiger partial charge on any atom is -0.365 e. The van der Waals surface area contributed by atoms with Crippen LogP contribution in [-0.4, -0.2) is 41.9 Å². The fourth-order valence-electron chi connectivity index (χ4n) is 6.24. The molecule has 0 radical (unpaired) electrons. The Kier molecular flexibility index (Phi) is 4.66. The molecule has 6 atom stereocenters. The van der Waals surface area contributed by atoms with Crippen molar-refractivity contribution < 1.29 is 32.2 Å². The summed E-state index contributed by atoms with van der Waals surface area (Å²) in [6.07, 6.45) is -4.63. The van der Waals surface area contributed by atoms with Crippen LogP contribution in [0.25, 0.3) is 0 Å². The van der Waals surface area contributed by atoms with Crippen molar-refractivity contribution >= 4 is 17.5 Å². The molecule has 4 aliphatic heterocycles. The van der Waals surface area contributed by atoms with Crippen LogP contribution in [0, 0.1) is 29.1 Å². The summed E-state index contributed by atoms with van der Waals surface area (Å²) in [7, 11) is 0. The molecule has 0 aliphatic carbocycles. The van der Waals surface area contributed by atoms with Gasteiger partial charge in [-0.2, -0.15) is 18.4 Å². The molecule has 4 saturated heterocycles. The largest absolute Gasteiger partial charge is 0.417 e. The number of alkyl halides is 3. The molecule has 0 saturated carbocycles. The second kappa shape index (κ2) is 6.93. The SMILES string of the molecule is CC(C)C(=O)N[C@@H]1C[C@@]2(C)O[C@@]13CCO[C@H]1[C@@H]3[C@@H]2C(=O)N1c1ccc(C#N)c(C(F)(F)F)c1. The highest BCUT2D eigenvalue weighted by Crippen LogP contribution is 2.65. The van der Waals surface area contributed by atoms with Gasteiger partial charge in [0.25, 0.3) is 0 Å². The maximum absolute atomic E-state index is 13.6. The predicted molar refractivity (Wildman–Crippen MR) is 109 cm³/mol. The van der Waals surface area contributed by atoms with E-state index in [1.54, 1.807) is 19.9 Å². The zero-order chi connectivity index (χ0) is 23.9. The molecule has 1 N–H and O–H groups in total. The van der Waals surface area contributed by atoms with Crippen LogP contribution in [0.4, 0.5) is 18.9 Å². The lowest BCUT2D eigenvalue weighted by Gasteiger charge is -2.45. The number of carbonyl (C=O) groups is 2. The number of ether oxygens (including phenoxy) is 2. The van der Waals surface area contributed by atoms with E-state index in [1.807, 2.05) is 6.92 Å². The van der Waals surface area contributed by atoms with Gasteiger partial charge in [-0.3, -0.25) is 14.5 Å². The van der Waals surface area contributed by atoms with Gasteiger partial charge in [0.05, 0.1) is 52.9 Å². The van der Waals surface area contributed by atoms with Crippen LogP contribution in [0.1, 0.15) is 44.7 Å². The summed E-state index contributed by atoms with van der Waals surface area (Å²) >= 11 is 0. The predicted octanol–water partition coefficient (Wildman–Crippen LogP) is 2.97. The first kappa shape index (κ1) is 22.2. The van der Waals surface area contributed by atoms with E-state index in [2.05, 4.69) is 5.32 Å². The van der Waals surface area contributed by atoms with Gasteiger partial charge in [-0.25, -0.2) is 0 Å². The van der Waals surface area contributed by atoms with Crippen molar-refractivity contribution in [2.24, 2.45) is 17.8 Å². The summed E-state index contributed by atoms with van der Waals surface area (Å²) in [5, 5.41) is 12.2. The van der Waals surface area contributed by atoms with Crippen LogP contribution in [0.2, 0.25) is 0 Å². The quantitative estimate of drug-likeness (QED) is 0.744. The monoisotopic (exact) mass is 463 g/mol. The fraction of sp³-hybridized carbons (Fsp3) is 0.609. The van der Waals surface area contributed by atoms with Crippen molar-refractivity contribution in [1.82, 2.24) is 5.32 Å². The van der Waals surface area contributed by atoms with E-state index in [9.17, 15) is 22.8 Å². The highest BCUT2D eigenvalue weighted by Gasteiger charge is 2.78. The minimum absolute atomic E-state index is 0.0357. The standard InChI is InChI=1S/C23H24F3N3O4/c1-11(2)18(30)28-15-9-21(3)16-17-20(32-7-6-22(15,17)33-21)29(19(16)31)13-5-4-12(10-27)14(8-13)23(24,25)26/h4-5,8,11,15-17,20H,6-7,9H2,1-3H3,(H,28,30)/t15-,16-,17+,20+,21-,22+/m1/s1. The number of rotatable bonds is 3. The number of amides is 2. The summed E-state index contributed by atoms with van der Waals surface area (Å²) in [4.78, 5) is 27.4. The van der Waals surface area contributed by atoms with Crippen molar-refractivity contribution in [2.45, 2.75) is 63.3 Å². The van der Waals surface area contributed by atoms with Crippen molar-refractivity contribution in [3.8, 4) is 6.07 Å². The van der Waals surface area contributed by atoms with Gasteiger partial charge >= 0.3 is 6.18 Å². The first-order chi connectivity index (χ1) is 15.4. The average Bonchev–Trinajstić information content (AvgIpc) is 3.30. The van der Waals surface area contributed by atoms with Crippen molar-refractivity contribution in [1.29, 1.82) is 5.26 Å². The number of benzene rings is 1. The van der Waals surface area contributed by atoms with Gasteiger partial charge in [0, 0.05) is 18.0 Å². The highest BCUT2D eigenvalue weighted by molar-refractivity contribution is 6.00. The molecule has 4 aliphatic rings. The molecule has 1 spiro atoms. The Morgan fingerprint density at radius 1 is 1.36 bits per heavy atom. The Balaban J connectivity index is 1.56. The van der Waals surface area contributed by atoms with Gasteiger partial charge in [0.2, 0.25) is 11.8 Å². The third kappa shape index (κ3) is 2.95. The lowest BCUT2D eigenvalue weighted by molar-refractivity contribution is -0.148. The van der Waals surface area contributed by atoms with Crippen LogP contribution in [0.5, 0.6) is 0 Å². The van der Waals surface area contributed by atoms with Gasteiger partial charge in [-0.1, -0.05) is 13.8 Å². The molecule has 1 aromatic rings. The zero-order valence-corrected chi connectivity index (χ0v) is 18.4. The molecule has 7 nitrogen and oxygen atoms in total. The van der Waals surface area contributed by atoms with E-state index < -0.39 is 46.6 Å². The number of fused-ring (bicyclic) bond motifs is 2. The first-order valence-electron chi connectivity index (χ1n) is 11.0. The van der Waals surface area contributed by atoms with E-state index in [0.717, 1.165) is 12.1 Å². The normalized spacial score (nSPS) is 36.8. The molecule has 2 bridgehead atoms. The maximum Gasteiger partial charge on any atom is 0.417 e. The Hall–Kier alpha value is -2.64. The summed E-state index contributed by atoms with van der Waals surface area (Å²) in [5.74, 6) is -1.72. The number of carbonyl (C=O) groups excluding carboxylic acids is 2. The third-order valence-corrected chi connectivity index (χ3v) is 7.60. The van der Waals surface area contributed by atoms with Crippen LogP contribution >= 0.6 is 0 Å². The number of nitrogens with zero attached hydrogens (tertiary/aromatic N) is 2.